The molecule has 2 fully saturated rings. The molecule has 0 aliphatic carbocycles. The van der Waals surface area contributed by atoms with E-state index in [1.54, 1.807) is 34.1 Å². The van der Waals surface area contributed by atoms with Gasteiger partial charge in [-0.2, -0.15) is 0 Å². The highest BCUT2D eigenvalue weighted by Crippen LogP contribution is 2.41. The van der Waals surface area contributed by atoms with E-state index in [4.69, 9.17) is 11.6 Å². The Labute approximate surface area is 158 Å². The third-order valence-corrected chi connectivity index (χ3v) is 7.33. The van der Waals surface area contributed by atoms with E-state index in [-0.39, 0.29) is 17.5 Å². The summed E-state index contributed by atoms with van der Waals surface area (Å²) < 4.78 is 24.7. The summed E-state index contributed by atoms with van der Waals surface area (Å²) in [5.41, 5.74) is 3.35. The van der Waals surface area contributed by atoms with Crippen LogP contribution in [-0.4, -0.2) is 38.0 Å². The number of urea groups is 1. The summed E-state index contributed by atoms with van der Waals surface area (Å²) in [5, 5.41) is 0.437. The number of aryl methyl sites for hydroxylation is 1. The summed E-state index contributed by atoms with van der Waals surface area (Å²) in [6, 6.07) is 11.7. The second kappa shape index (κ2) is 5.99. The Morgan fingerprint density at radius 3 is 2.15 bits per heavy atom. The van der Waals surface area contributed by atoms with Gasteiger partial charge in [0.15, 0.2) is 9.84 Å². The topological polar surface area (TPSA) is 57.7 Å². The fourth-order valence-electron chi connectivity index (χ4n) is 3.91. The second-order valence-electron chi connectivity index (χ2n) is 6.90. The predicted molar refractivity (Wildman–Crippen MR) is 104 cm³/mol. The first-order valence-corrected chi connectivity index (χ1v) is 10.6. The molecule has 0 aromatic heterocycles. The van der Waals surface area contributed by atoms with Gasteiger partial charge < -0.3 is 0 Å². The van der Waals surface area contributed by atoms with E-state index < -0.39 is 21.9 Å². The Bertz CT molecular complexity index is 1010. The van der Waals surface area contributed by atoms with Crippen LogP contribution >= 0.6 is 11.6 Å². The molecule has 26 heavy (non-hydrogen) atoms. The van der Waals surface area contributed by atoms with Gasteiger partial charge >= 0.3 is 6.03 Å². The van der Waals surface area contributed by atoms with Gasteiger partial charge in [0.2, 0.25) is 0 Å². The van der Waals surface area contributed by atoms with Crippen LogP contribution in [0, 0.1) is 13.8 Å². The molecule has 2 aromatic rings. The minimum atomic E-state index is -3.23. The zero-order valence-corrected chi connectivity index (χ0v) is 16.1. The van der Waals surface area contributed by atoms with Gasteiger partial charge in [-0.05, 0) is 43.2 Å². The van der Waals surface area contributed by atoms with Crippen molar-refractivity contribution in [2.45, 2.75) is 25.9 Å². The lowest BCUT2D eigenvalue weighted by Crippen LogP contribution is -2.38. The lowest BCUT2D eigenvalue weighted by molar-refractivity contribution is 0.255. The molecule has 0 unspecified atom stereocenters. The van der Waals surface area contributed by atoms with E-state index in [9.17, 15) is 13.2 Å². The minimum absolute atomic E-state index is 0.0300. The largest absolute Gasteiger partial charge is 0.329 e. The van der Waals surface area contributed by atoms with Gasteiger partial charge in [-0.1, -0.05) is 35.9 Å². The Morgan fingerprint density at radius 1 is 0.923 bits per heavy atom. The van der Waals surface area contributed by atoms with Gasteiger partial charge in [0.1, 0.15) is 0 Å². The number of para-hydroxylation sites is 1. The van der Waals surface area contributed by atoms with Crippen LogP contribution in [-0.2, 0) is 9.84 Å². The van der Waals surface area contributed by atoms with Crippen molar-refractivity contribution in [2.24, 2.45) is 0 Å². The quantitative estimate of drug-likeness (QED) is 0.736. The van der Waals surface area contributed by atoms with Crippen molar-refractivity contribution in [1.29, 1.82) is 0 Å². The van der Waals surface area contributed by atoms with E-state index >= 15 is 0 Å². The normalized spacial score (nSPS) is 24.2. The first kappa shape index (κ1) is 17.4. The van der Waals surface area contributed by atoms with Gasteiger partial charge in [-0.15, -0.1) is 0 Å². The Kier molecular flexibility index (Phi) is 4.00. The van der Waals surface area contributed by atoms with E-state index in [0.29, 0.717) is 10.7 Å². The standard InChI is InChI=1S/C19H19ClN2O3S/c1-12-6-5-9-15(13(12)2)21-17-10-26(24,25)11-18(17)22(19(21)23)16-8-4-3-7-14(16)20/h3-9,17-18H,10-11H2,1-2H3/t17-,18+/m0/s1. The van der Waals surface area contributed by atoms with Gasteiger partial charge in [0, 0.05) is 5.69 Å². The summed E-state index contributed by atoms with van der Waals surface area (Å²) in [6.45, 7) is 3.93. The highest BCUT2D eigenvalue weighted by molar-refractivity contribution is 7.91. The number of amides is 2. The van der Waals surface area contributed by atoms with Crippen molar-refractivity contribution in [1.82, 2.24) is 0 Å². The zero-order chi connectivity index (χ0) is 18.6. The smallest absolute Gasteiger partial charge is 0.288 e. The summed E-state index contributed by atoms with van der Waals surface area (Å²) >= 11 is 6.32. The number of anilines is 2. The number of nitrogens with zero attached hydrogens (tertiary/aromatic N) is 2. The first-order chi connectivity index (χ1) is 12.3. The van der Waals surface area contributed by atoms with Crippen LogP contribution in [0.15, 0.2) is 42.5 Å². The number of carbonyl (C=O) groups excluding carboxylic acids is 1. The molecule has 0 radical (unpaired) electrons. The molecule has 0 bridgehead atoms. The van der Waals surface area contributed by atoms with Gasteiger partial charge in [0.25, 0.3) is 0 Å². The van der Waals surface area contributed by atoms with Crippen LogP contribution in [0.25, 0.3) is 0 Å². The highest BCUT2D eigenvalue weighted by atomic mass is 35.5. The molecule has 136 valence electrons. The maximum atomic E-state index is 13.3. The van der Waals surface area contributed by atoms with Crippen LogP contribution in [0.1, 0.15) is 11.1 Å². The molecule has 2 aromatic carbocycles. The molecule has 0 saturated carbocycles. The van der Waals surface area contributed by atoms with E-state index in [2.05, 4.69) is 0 Å². The van der Waals surface area contributed by atoms with Crippen molar-refractivity contribution in [3.8, 4) is 0 Å². The number of hydrogen-bond acceptors (Lipinski definition) is 3. The molecule has 2 aliphatic heterocycles. The Hall–Kier alpha value is -2.05. The lowest BCUT2D eigenvalue weighted by Gasteiger charge is -2.25. The molecular formula is C19H19ClN2O3S. The molecule has 0 N–H and O–H groups in total. The second-order valence-corrected chi connectivity index (χ2v) is 9.47. The molecule has 7 heteroatoms. The molecule has 5 nitrogen and oxygen atoms in total. The SMILES string of the molecule is Cc1cccc(N2C(=O)N(c3ccccc3Cl)[C@@H]3CS(=O)(=O)C[C@@H]32)c1C. The fourth-order valence-corrected chi connectivity index (χ4v) is 6.06. The van der Waals surface area contributed by atoms with Gasteiger partial charge in [-0.3, -0.25) is 9.80 Å². The van der Waals surface area contributed by atoms with Crippen molar-refractivity contribution in [3.63, 3.8) is 0 Å². The van der Waals surface area contributed by atoms with Crippen molar-refractivity contribution in [2.75, 3.05) is 21.3 Å². The number of hydrogen-bond donors (Lipinski definition) is 0. The number of halogens is 1. The van der Waals surface area contributed by atoms with E-state index in [0.717, 1.165) is 16.8 Å². The third kappa shape index (κ3) is 2.59. The van der Waals surface area contributed by atoms with Crippen molar-refractivity contribution >= 4 is 38.8 Å². The molecule has 0 spiro atoms. The first-order valence-electron chi connectivity index (χ1n) is 8.44. The average Bonchev–Trinajstić information content (AvgIpc) is 3.00. The number of benzene rings is 2. The van der Waals surface area contributed by atoms with E-state index in [1.807, 2.05) is 32.0 Å². The van der Waals surface area contributed by atoms with Crippen LogP contribution in [0.2, 0.25) is 5.02 Å². The van der Waals surface area contributed by atoms with Crippen molar-refractivity contribution in [3.05, 3.63) is 58.6 Å². The summed E-state index contributed by atoms with van der Waals surface area (Å²) in [4.78, 5) is 16.5. The number of carbonyl (C=O) groups is 1. The van der Waals surface area contributed by atoms with Gasteiger partial charge in [-0.25, -0.2) is 13.2 Å². The molecular weight excluding hydrogens is 372 g/mol. The molecule has 2 atom stereocenters. The number of fused-ring (bicyclic) bond motifs is 1. The zero-order valence-electron chi connectivity index (χ0n) is 14.5. The molecule has 2 aliphatic rings. The molecule has 2 saturated heterocycles. The molecule has 2 heterocycles. The van der Waals surface area contributed by atoms with Crippen LogP contribution in [0.3, 0.4) is 0 Å². The Balaban J connectivity index is 1.87. The van der Waals surface area contributed by atoms with Crippen LogP contribution in [0.5, 0.6) is 0 Å². The van der Waals surface area contributed by atoms with Crippen LogP contribution in [0.4, 0.5) is 16.2 Å². The predicted octanol–water partition coefficient (Wildman–Crippen LogP) is 3.57. The highest BCUT2D eigenvalue weighted by Gasteiger charge is 2.55. The van der Waals surface area contributed by atoms with Crippen LogP contribution < -0.4 is 9.80 Å². The monoisotopic (exact) mass is 390 g/mol. The average molecular weight is 391 g/mol. The third-order valence-electron chi connectivity index (χ3n) is 5.32. The summed E-state index contributed by atoms with van der Waals surface area (Å²) in [6.07, 6.45) is 0. The fraction of sp³-hybridized carbons (Fsp3) is 0.316. The summed E-state index contributed by atoms with van der Waals surface area (Å²) in [7, 11) is -3.23. The van der Waals surface area contributed by atoms with E-state index in [1.165, 1.54) is 0 Å². The minimum Gasteiger partial charge on any atom is -0.288 e. The molecule has 2 amide bonds. The summed E-state index contributed by atoms with van der Waals surface area (Å²) in [5.74, 6) is -0.0757. The Morgan fingerprint density at radius 2 is 1.50 bits per heavy atom. The number of sulfone groups is 1. The maximum Gasteiger partial charge on any atom is 0.329 e. The lowest BCUT2D eigenvalue weighted by atomic mass is 10.1. The maximum absolute atomic E-state index is 13.3. The van der Waals surface area contributed by atoms with Gasteiger partial charge in [0.05, 0.1) is 34.3 Å². The number of rotatable bonds is 2. The van der Waals surface area contributed by atoms with Crippen molar-refractivity contribution < 1.29 is 13.2 Å². The molecule has 4 rings (SSSR count).